The minimum Gasteiger partial charge on any atom is -0.378 e. The Kier molecular flexibility index (Phi) is 4.19. The smallest absolute Gasteiger partial charge is 0.256 e. The van der Waals surface area contributed by atoms with Gasteiger partial charge in [-0.1, -0.05) is 48.0 Å². The number of aliphatic hydroxyl groups is 1. The molecule has 0 saturated carbocycles. The summed E-state index contributed by atoms with van der Waals surface area (Å²) in [5.74, 6) is -0.292. The van der Waals surface area contributed by atoms with Crippen molar-refractivity contribution in [3.63, 3.8) is 0 Å². The molecule has 0 bridgehead atoms. The molecule has 114 valence electrons. The SMILES string of the molecule is CN(C(=O)[C@H](O)c1cccc(Cl)c1)C1Cc2ccccc2C1. The van der Waals surface area contributed by atoms with Gasteiger partial charge in [0.15, 0.2) is 6.10 Å². The van der Waals surface area contributed by atoms with E-state index in [9.17, 15) is 9.90 Å². The van der Waals surface area contributed by atoms with Gasteiger partial charge in [0.25, 0.3) is 5.91 Å². The summed E-state index contributed by atoms with van der Waals surface area (Å²) >= 11 is 5.93. The molecule has 0 radical (unpaired) electrons. The van der Waals surface area contributed by atoms with Gasteiger partial charge >= 0.3 is 0 Å². The van der Waals surface area contributed by atoms with E-state index >= 15 is 0 Å². The Morgan fingerprint density at radius 3 is 2.41 bits per heavy atom. The molecule has 3 rings (SSSR count). The van der Waals surface area contributed by atoms with Gasteiger partial charge in [0, 0.05) is 18.1 Å². The predicted octanol–water partition coefficient (Wildman–Crippen LogP) is 3.00. The van der Waals surface area contributed by atoms with Crippen molar-refractivity contribution in [3.8, 4) is 0 Å². The Hall–Kier alpha value is -1.84. The number of benzene rings is 2. The molecule has 0 unspecified atom stereocenters. The van der Waals surface area contributed by atoms with Crippen molar-refractivity contribution < 1.29 is 9.90 Å². The quantitative estimate of drug-likeness (QED) is 0.946. The fraction of sp³-hybridized carbons (Fsp3) is 0.278. The maximum atomic E-state index is 12.5. The number of nitrogens with zero attached hydrogens (tertiary/aromatic N) is 1. The molecule has 0 saturated heterocycles. The van der Waals surface area contributed by atoms with Crippen LogP contribution >= 0.6 is 11.6 Å². The highest BCUT2D eigenvalue weighted by Crippen LogP contribution is 2.27. The number of fused-ring (bicyclic) bond motifs is 1. The molecule has 1 atom stereocenters. The summed E-state index contributed by atoms with van der Waals surface area (Å²) in [6, 6.07) is 15.1. The van der Waals surface area contributed by atoms with E-state index in [1.165, 1.54) is 11.1 Å². The lowest BCUT2D eigenvalue weighted by Crippen LogP contribution is -2.40. The van der Waals surface area contributed by atoms with E-state index in [1.807, 2.05) is 12.1 Å². The highest BCUT2D eigenvalue weighted by atomic mass is 35.5. The maximum Gasteiger partial charge on any atom is 0.256 e. The second-order valence-corrected chi connectivity index (χ2v) is 6.17. The van der Waals surface area contributed by atoms with Crippen LogP contribution in [-0.4, -0.2) is 29.0 Å². The molecular formula is C18H18ClNO2. The Morgan fingerprint density at radius 2 is 1.82 bits per heavy atom. The number of hydrogen-bond donors (Lipinski definition) is 1. The Balaban J connectivity index is 1.73. The van der Waals surface area contributed by atoms with Crippen molar-refractivity contribution in [2.75, 3.05) is 7.05 Å². The van der Waals surface area contributed by atoms with Crippen molar-refractivity contribution in [1.29, 1.82) is 0 Å². The van der Waals surface area contributed by atoms with Crippen molar-refractivity contribution >= 4 is 17.5 Å². The lowest BCUT2D eigenvalue weighted by molar-refractivity contribution is -0.141. The Morgan fingerprint density at radius 1 is 1.18 bits per heavy atom. The van der Waals surface area contributed by atoms with Gasteiger partial charge in [-0.3, -0.25) is 4.79 Å². The van der Waals surface area contributed by atoms with Crippen LogP contribution in [0.2, 0.25) is 5.02 Å². The van der Waals surface area contributed by atoms with Crippen LogP contribution in [0.3, 0.4) is 0 Å². The number of rotatable bonds is 3. The number of hydrogen-bond acceptors (Lipinski definition) is 2. The molecule has 22 heavy (non-hydrogen) atoms. The van der Waals surface area contributed by atoms with Crippen LogP contribution in [0.4, 0.5) is 0 Å². The van der Waals surface area contributed by atoms with Crippen LogP contribution < -0.4 is 0 Å². The lowest BCUT2D eigenvalue weighted by atomic mass is 10.1. The second kappa shape index (κ2) is 6.11. The van der Waals surface area contributed by atoms with Crippen LogP contribution in [0.25, 0.3) is 0 Å². The summed E-state index contributed by atoms with van der Waals surface area (Å²) in [5, 5.41) is 10.8. The summed E-state index contributed by atoms with van der Waals surface area (Å²) < 4.78 is 0. The van der Waals surface area contributed by atoms with Gasteiger partial charge in [0.2, 0.25) is 0 Å². The molecule has 2 aromatic carbocycles. The third-order valence-corrected chi connectivity index (χ3v) is 4.56. The highest BCUT2D eigenvalue weighted by molar-refractivity contribution is 6.30. The van der Waals surface area contributed by atoms with E-state index in [0.717, 1.165) is 12.8 Å². The molecular weight excluding hydrogens is 298 g/mol. The zero-order chi connectivity index (χ0) is 15.7. The van der Waals surface area contributed by atoms with E-state index in [1.54, 1.807) is 36.2 Å². The Bertz CT molecular complexity index is 676. The Labute approximate surface area is 135 Å². The fourth-order valence-electron chi connectivity index (χ4n) is 3.00. The molecule has 1 amide bonds. The van der Waals surface area contributed by atoms with E-state index in [0.29, 0.717) is 10.6 Å². The highest BCUT2D eigenvalue weighted by Gasteiger charge is 2.30. The minimum absolute atomic E-state index is 0.0961. The van der Waals surface area contributed by atoms with E-state index < -0.39 is 6.10 Å². The van der Waals surface area contributed by atoms with Crippen molar-refractivity contribution in [2.45, 2.75) is 25.0 Å². The summed E-state index contributed by atoms with van der Waals surface area (Å²) in [5.41, 5.74) is 3.09. The molecule has 0 aromatic heterocycles. The van der Waals surface area contributed by atoms with Crippen LogP contribution in [0, 0.1) is 0 Å². The van der Waals surface area contributed by atoms with Gasteiger partial charge in [0.1, 0.15) is 0 Å². The number of aliphatic hydroxyl groups excluding tert-OH is 1. The topological polar surface area (TPSA) is 40.5 Å². The molecule has 1 N–H and O–H groups in total. The number of likely N-dealkylation sites (N-methyl/N-ethyl adjacent to an activating group) is 1. The molecule has 2 aromatic rings. The first-order valence-electron chi connectivity index (χ1n) is 7.33. The molecule has 0 spiro atoms. The standard InChI is InChI=1S/C18H18ClNO2/c1-20(16-10-12-5-2-3-6-13(12)11-16)18(22)17(21)14-7-4-8-15(19)9-14/h2-9,16-17,21H,10-11H2,1H3/t17-/m1/s1. The van der Waals surface area contributed by atoms with Crippen molar-refractivity contribution in [2.24, 2.45) is 0 Å². The monoisotopic (exact) mass is 315 g/mol. The van der Waals surface area contributed by atoms with Gasteiger partial charge in [-0.25, -0.2) is 0 Å². The third-order valence-electron chi connectivity index (χ3n) is 4.32. The molecule has 0 aliphatic heterocycles. The fourth-order valence-corrected chi connectivity index (χ4v) is 3.20. The number of amides is 1. The van der Waals surface area contributed by atoms with Gasteiger partial charge in [-0.15, -0.1) is 0 Å². The largest absolute Gasteiger partial charge is 0.378 e. The van der Waals surface area contributed by atoms with Crippen LogP contribution in [0.1, 0.15) is 22.8 Å². The van der Waals surface area contributed by atoms with E-state index in [4.69, 9.17) is 11.6 Å². The van der Waals surface area contributed by atoms with Crippen LogP contribution in [0.15, 0.2) is 48.5 Å². The number of carbonyl (C=O) groups is 1. The van der Waals surface area contributed by atoms with Gasteiger partial charge < -0.3 is 10.0 Å². The normalized spacial score (nSPS) is 15.4. The second-order valence-electron chi connectivity index (χ2n) is 5.74. The van der Waals surface area contributed by atoms with Crippen molar-refractivity contribution in [3.05, 3.63) is 70.2 Å². The molecule has 1 aliphatic carbocycles. The summed E-state index contributed by atoms with van der Waals surface area (Å²) in [7, 11) is 1.76. The van der Waals surface area contributed by atoms with Gasteiger partial charge in [0.05, 0.1) is 0 Å². The van der Waals surface area contributed by atoms with E-state index in [-0.39, 0.29) is 11.9 Å². The van der Waals surface area contributed by atoms with Crippen LogP contribution in [0.5, 0.6) is 0 Å². The summed E-state index contributed by atoms with van der Waals surface area (Å²) in [6.45, 7) is 0. The molecule has 0 heterocycles. The van der Waals surface area contributed by atoms with E-state index in [2.05, 4.69) is 12.1 Å². The van der Waals surface area contributed by atoms with Crippen LogP contribution in [-0.2, 0) is 17.6 Å². The first-order chi connectivity index (χ1) is 10.6. The average Bonchev–Trinajstić information content (AvgIpc) is 2.96. The zero-order valence-electron chi connectivity index (χ0n) is 12.4. The lowest BCUT2D eigenvalue weighted by Gasteiger charge is -2.27. The average molecular weight is 316 g/mol. The third kappa shape index (κ3) is 2.87. The first kappa shape index (κ1) is 15.1. The van der Waals surface area contributed by atoms with Gasteiger partial charge in [-0.2, -0.15) is 0 Å². The molecule has 1 aliphatic rings. The van der Waals surface area contributed by atoms with Gasteiger partial charge in [-0.05, 0) is 41.7 Å². The predicted molar refractivity (Wildman–Crippen MR) is 86.8 cm³/mol. The van der Waals surface area contributed by atoms with Crippen molar-refractivity contribution in [1.82, 2.24) is 4.90 Å². The first-order valence-corrected chi connectivity index (χ1v) is 7.71. The maximum absolute atomic E-state index is 12.5. The molecule has 3 nitrogen and oxygen atoms in total. The number of halogens is 1. The minimum atomic E-state index is -1.17. The molecule has 4 heteroatoms. The molecule has 0 fully saturated rings. The summed E-state index contributed by atoms with van der Waals surface area (Å²) in [4.78, 5) is 14.2. The summed E-state index contributed by atoms with van der Waals surface area (Å²) in [6.07, 6.45) is 0.494. The number of carbonyl (C=O) groups excluding carboxylic acids is 1. The zero-order valence-corrected chi connectivity index (χ0v) is 13.1.